The third kappa shape index (κ3) is 1.58. The first-order valence-electron chi connectivity index (χ1n) is 6.90. The van der Waals surface area contributed by atoms with Gasteiger partial charge in [0.05, 0.1) is 17.1 Å². The van der Waals surface area contributed by atoms with Crippen molar-refractivity contribution >= 4 is 0 Å². The molecule has 2 aliphatic carbocycles. The van der Waals surface area contributed by atoms with Crippen LogP contribution in [0.4, 0.5) is 0 Å². The highest BCUT2D eigenvalue weighted by atomic mass is 16.3. The summed E-state index contributed by atoms with van der Waals surface area (Å²) in [7, 11) is 0. The van der Waals surface area contributed by atoms with E-state index in [9.17, 15) is 10.4 Å². The number of hydrogen-bond donors (Lipinski definition) is 1. The third-order valence-electron chi connectivity index (χ3n) is 4.97. The van der Waals surface area contributed by atoms with Gasteiger partial charge in [0.15, 0.2) is 0 Å². The number of fused-ring (bicyclic) bond motifs is 1. The van der Waals surface area contributed by atoms with Crippen LogP contribution in [0.1, 0.15) is 43.2 Å². The second-order valence-electron chi connectivity index (χ2n) is 5.88. The first kappa shape index (κ1) is 11.7. The van der Waals surface area contributed by atoms with Crippen molar-refractivity contribution in [3.05, 3.63) is 35.4 Å². The predicted molar refractivity (Wildman–Crippen MR) is 69.9 cm³/mol. The summed E-state index contributed by atoms with van der Waals surface area (Å²) in [6, 6.07) is 10.8. The van der Waals surface area contributed by atoms with Crippen LogP contribution >= 0.6 is 0 Å². The Morgan fingerprint density at radius 2 is 1.72 bits per heavy atom. The fraction of sp³-hybridized carbons (Fsp3) is 0.562. The Morgan fingerprint density at radius 3 is 2.39 bits per heavy atom. The van der Waals surface area contributed by atoms with Gasteiger partial charge in [0.25, 0.3) is 0 Å². The first-order chi connectivity index (χ1) is 8.69. The van der Waals surface area contributed by atoms with E-state index in [1.165, 1.54) is 11.1 Å². The van der Waals surface area contributed by atoms with E-state index in [1.54, 1.807) is 0 Å². The Bertz CT molecular complexity index is 496. The van der Waals surface area contributed by atoms with Gasteiger partial charge < -0.3 is 5.11 Å². The largest absolute Gasteiger partial charge is 0.388 e. The molecule has 1 aromatic rings. The minimum absolute atomic E-state index is 0.558. The number of rotatable bonds is 1. The lowest BCUT2D eigenvalue weighted by Gasteiger charge is -2.43. The van der Waals surface area contributed by atoms with Gasteiger partial charge in [-0.15, -0.1) is 0 Å². The van der Waals surface area contributed by atoms with Crippen molar-refractivity contribution in [2.45, 2.75) is 50.5 Å². The van der Waals surface area contributed by atoms with E-state index in [0.29, 0.717) is 0 Å². The normalized spacial score (nSPS) is 29.6. The molecule has 94 valence electrons. The van der Waals surface area contributed by atoms with E-state index >= 15 is 0 Å². The molecule has 2 nitrogen and oxygen atoms in total. The maximum Gasteiger partial charge on any atom is 0.0903 e. The smallest absolute Gasteiger partial charge is 0.0903 e. The van der Waals surface area contributed by atoms with Crippen LogP contribution in [-0.2, 0) is 12.8 Å². The lowest BCUT2D eigenvalue weighted by atomic mass is 9.62. The van der Waals surface area contributed by atoms with Gasteiger partial charge in [-0.1, -0.05) is 37.1 Å². The summed E-state index contributed by atoms with van der Waals surface area (Å²) in [5, 5.41) is 20.6. The second kappa shape index (κ2) is 4.10. The molecular weight excluding hydrogens is 222 g/mol. The fourth-order valence-corrected chi connectivity index (χ4v) is 3.77. The quantitative estimate of drug-likeness (QED) is 0.821. The van der Waals surface area contributed by atoms with E-state index < -0.39 is 11.0 Å². The molecule has 1 saturated carbocycles. The van der Waals surface area contributed by atoms with E-state index in [2.05, 4.69) is 24.3 Å². The Hall–Kier alpha value is -1.33. The van der Waals surface area contributed by atoms with Crippen LogP contribution < -0.4 is 0 Å². The van der Waals surface area contributed by atoms with Crippen LogP contribution in [0.2, 0.25) is 0 Å². The Labute approximate surface area is 108 Å². The van der Waals surface area contributed by atoms with Gasteiger partial charge in [-0.3, -0.25) is 0 Å². The molecule has 0 saturated heterocycles. The second-order valence-corrected chi connectivity index (χ2v) is 5.88. The Kier molecular flexibility index (Phi) is 2.68. The average Bonchev–Trinajstić information content (AvgIpc) is 2.86. The van der Waals surface area contributed by atoms with Gasteiger partial charge in [0.1, 0.15) is 0 Å². The summed E-state index contributed by atoms with van der Waals surface area (Å²) in [4.78, 5) is 0. The SMILES string of the molecule is N#CC1(C2(O)CCCC2)CCc2ccccc2C1. The van der Waals surface area contributed by atoms with E-state index in [4.69, 9.17) is 0 Å². The van der Waals surface area contributed by atoms with Gasteiger partial charge in [-0.2, -0.15) is 5.26 Å². The summed E-state index contributed by atoms with van der Waals surface area (Å²) in [6.07, 6.45) is 6.15. The zero-order valence-electron chi connectivity index (χ0n) is 10.7. The molecule has 0 aromatic heterocycles. The lowest BCUT2D eigenvalue weighted by molar-refractivity contribution is -0.0564. The molecule has 2 aliphatic rings. The van der Waals surface area contributed by atoms with Gasteiger partial charge in [-0.25, -0.2) is 0 Å². The summed E-state index contributed by atoms with van der Waals surface area (Å²) in [5.41, 5.74) is 1.29. The van der Waals surface area contributed by atoms with Gasteiger partial charge in [0, 0.05) is 0 Å². The zero-order chi connectivity index (χ0) is 12.6. The third-order valence-corrected chi connectivity index (χ3v) is 4.97. The molecule has 3 rings (SSSR count). The van der Waals surface area contributed by atoms with Crippen molar-refractivity contribution in [3.8, 4) is 6.07 Å². The molecule has 1 unspecified atom stereocenters. The molecule has 0 radical (unpaired) electrons. The average molecular weight is 241 g/mol. The summed E-state index contributed by atoms with van der Waals surface area (Å²) >= 11 is 0. The van der Waals surface area contributed by atoms with Crippen molar-refractivity contribution in [1.82, 2.24) is 0 Å². The highest BCUT2D eigenvalue weighted by molar-refractivity contribution is 5.35. The summed E-state index contributed by atoms with van der Waals surface area (Å²) in [6.45, 7) is 0. The van der Waals surface area contributed by atoms with Crippen LogP contribution in [-0.4, -0.2) is 10.7 Å². The number of nitriles is 1. The molecule has 1 N–H and O–H groups in total. The molecule has 0 heterocycles. The van der Waals surface area contributed by atoms with Crippen LogP contribution in [0.15, 0.2) is 24.3 Å². The maximum absolute atomic E-state index is 10.9. The molecule has 1 atom stereocenters. The van der Waals surface area contributed by atoms with Gasteiger partial charge in [0.2, 0.25) is 0 Å². The van der Waals surface area contributed by atoms with Crippen molar-refractivity contribution in [3.63, 3.8) is 0 Å². The molecule has 0 spiro atoms. The zero-order valence-corrected chi connectivity index (χ0v) is 10.7. The topological polar surface area (TPSA) is 44.0 Å². The molecule has 0 bridgehead atoms. The molecular formula is C16H19NO. The Morgan fingerprint density at radius 1 is 1.06 bits per heavy atom. The molecule has 18 heavy (non-hydrogen) atoms. The molecule has 0 amide bonds. The monoisotopic (exact) mass is 241 g/mol. The highest BCUT2D eigenvalue weighted by Gasteiger charge is 2.53. The van der Waals surface area contributed by atoms with E-state index in [-0.39, 0.29) is 0 Å². The number of aryl methyl sites for hydroxylation is 1. The Balaban J connectivity index is 1.99. The molecule has 1 fully saturated rings. The molecule has 2 heteroatoms. The molecule has 1 aromatic carbocycles. The summed E-state index contributed by atoms with van der Waals surface area (Å²) in [5.74, 6) is 0. The summed E-state index contributed by atoms with van der Waals surface area (Å²) < 4.78 is 0. The van der Waals surface area contributed by atoms with Gasteiger partial charge >= 0.3 is 0 Å². The molecule has 0 aliphatic heterocycles. The van der Waals surface area contributed by atoms with E-state index in [0.717, 1.165) is 44.9 Å². The highest BCUT2D eigenvalue weighted by Crippen LogP contribution is 2.50. The van der Waals surface area contributed by atoms with Crippen molar-refractivity contribution in [2.24, 2.45) is 5.41 Å². The maximum atomic E-state index is 10.9. The fourth-order valence-electron chi connectivity index (χ4n) is 3.77. The van der Waals surface area contributed by atoms with Crippen molar-refractivity contribution < 1.29 is 5.11 Å². The number of hydrogen-bond acceptors (Lipinski definition) is 2. The standard InChI is InChI=1S/C16H19NO/c17-12-15(16(18)8-3-4-9-16)10-7-13-5-1-2-6-14(13)11-15/h1-2,5-6,18H,3-4,7-11H2. The van der Waals surface area contributed by atoms with Crippen LogP contribution in [0.5, 0.6) is 0 Å². The minimum atomic E-state index is -0.755. The number of benzene rings is 1. The van der Waals surface area contributed by atoms with Crippen LogP contribution in [0, 0.1) is 16.7 Å². The number of aliphatic hydroxyl groups is 1. The van der Waals surface area contributed by atoms with Crippen molar-refractivity contribution in [2.75, 3.05) is 0 Å². The minimum Gasteiger partial charge on any atom is -0.388 e. The number of nitrogens with zero attached hydrogens (tertiary/aromatic N) is 1. The van der Waals surface area contributed by atoms with Gasteiger partial charge in [-0.05, 0) is 43.2 Å². The lowest BCUT2D eigenvalue weighted by Crippen LogP contribution is -2.48. The van der Waals surface area contributed by atoms with Crippen LogP contribution in [0.3, 0.4) is 0 Å². The first-order valence-corrected chi connectivity index (χ1v) is 6.90. The van der Waals surface area contributed by atoms with Crippen LogP contribution in [0.25, 0.3) is 0 Å². The van der Waals surface area contributed by atoms with E-state index in [1.807, 2.05) is 6.07 Å². The van der Waals surface area contributed by atoms with Crippen molar-refractivity contribution in [1.29, 1.82) is 5.26 Å². The predicted octanol–water partition coefficient (Wildman–Crippen LogP) is 2.99.